The highest BCUT2D eigenvalue weighted by molar-refractivity contribution is 7.87. The van der Waals surface area contributed by atoms with Gasteiger partial charge in [0.25, 0.3) is 11.6 Å². The van der Waals surface area contributed by atoms with E-state index in [1.807, 2.05) is 30.3 Å². The highest BCUT2D eigenvalue weighted by atomic mass is 32.2. The SMILES string of the molecule is O=C1/C(=C/c2ccc(OS(=O)(=O)c3ccccc3)cc2)N=C(c2ccccc2)N1c1ccc(-c2nnc(CNc3ccc([N+](=O)[O-])cc3)o2)cc1. The van der Waals surface area contributed by atoms with Gasteiger partial charge >= 0.3 is 10.1 Å². The summed E-state index contributed by atoms with van der Waals surface area (Å²) < 4.78 is 36.3. The zero-order valence-corrected chi connectivity index (χ0v) is 27.3. The summed E-state index contributed by atoms with van der Waals surface area (Å²) >= 11 is 0. The lowest BCUT2D eigenvalue weighted by Crippen LogP contribution is -2.32. The standard InChI is InChI=1S/C37H26N6O7S/c44-37-33(23-25-11-21-31(22-12-25)50-51(47,48)32-9-5-2-6-10-32)39-35(26-7-3-1-4-8-26)42(37)29-17-13-27(14-18-29)36-41-40-34(49-36)24-38-28-15-19-30(20-16-28)43(45)46/h1-23,38H,24H2/b33-23-. The van der Waals surface area contributed by atoms with Crippen molar-refractivity contribution in [3.05, 3.63) is 166 Å². The van der Waals surface area contributed by atoms with E-state index in [1.54, 1.807) is 72.8 Å². The van der Waals surface area contributed by atoms with E-state index >= 15 is 0 Å². The van der Waals surface area contributed by atoms with Crippen LogP contribution in [0.15, 0.2) is 153 Å². The quantitative estimate of drug-likeness (QED) is 0.0653. The summed E-state index contributed by atoms with van der Waals surface area (Å²) in [6.45, 7) is 0.208. The van der Waals surface area contributed by atoms with Crippen molar-refractivity contribution in [2.45, 2.75) is 11.4 Å². The number of anilines is 2. The van der Waals surface area contributed by atoms with Crippen LogP contribution < -0.4 is 14.4 Å². The molecule has 1 aliphatic rings. The number of nitro benzene ring substituents is 1. The monoisotopic (exact) mass is 698 g/mol. The first-order chi connectivity index (χ1) is 24.7. The van der Waals surface area contributed by atoms with Crippen LogP contribution in [0.2, 0.25) is 0 Å². The predicted molar refractivity (Wildman–Crippen MR) is 189 cm³/mol. The van der Waals surface area contributed by atoms with Gasteiger partial charge < -0.3 is 13.9 Å². The Morgan fingerprint density at radius 1 is 0.804 bits per heavy atom. The maximum absolute atomic E-state index is 13.9. The van der Waals surface area contributed by atoms with Gasteiger partial charge in [0.1, 0.15) is 22.2 Å². The van der Waals surface area contributed by atoms with Gasteiger partial charge in [-0.1, -0.05) is 60.7 Å². The number of rotatable bonds is 11. The summed E-state index contributed by atoms with van der Waals surface area (Å²) in [7, 11) is -4.00. The molecular formula is C37H26N6O7S. The molecule has 2 heterocycles. The summed E-state index contributed by atoms with van der Waals surface area (Å²) in [4.78, 5) is 30.5. The molecule has 0 unspecified atom stereocenters. The number of benzene rings is 5. The molecule has 1 N–H and O–H groups in total. The Morgan fingerprint density at radius 3 is 2.14 bits per heavy atom. The predicted octanol–water partition coefficient (Wildman–Crippen LogP) is 6.86. The molecule has 51 heavy (non-hydrogen) atoms. The lowest BCUT2D eigenvalue weighted by molar-refractivity contribution is -0.384. The maximum Gasteiger partial charge on any atom is 0.339 e. The summed E-state index contributed by atoms with van der Waals surface area (Å²) in [5.74, 6) is 0.795. The van der Waals surface area contributed by atoms with Crippen molar-refractivity contribution in [2.75, 3.05) is 10.2 Å². The molecule has 0 saturated heterocycles. The van der Waals surface area contributed by atoms with Crippen molar-refractivity contribution in [1.82, 2.24) is 10.2 Å². The second-order valence-corrected chi connectivity index (χ2v) is 12.6. The van der Waals surface area contributed by atoms with Gasteiger partial charge in [0, 0.05) is 28.9 Å². The van der Waals surface area contributed by atoms with Gasteiger partial charge in [-0.05, 0) is 72.3 Å². The lowest BCUT2D eigenvalue weighted by atomic mass is 10.1. The van der Waals surface area contributed by atoms with Crippen molar-refractivity contribution in [1.29, 1.82) is 0 Å². The summed E-state index contributed by atoms with van der Waals surface area (Å²) in [5, 5.41) is 22.2. The van der Waals surface area contributed by atoms with E-state index in [1.165, 1.54) is 41.3 Å². The third-order valence-electron chi connectivity index (χ3n) is 7.67. The topological polar surface area (TPSA) is 170 Å². The number of nitro groups is 1. The van der Waals surface area contributed by atoms with Gasteiger partial charge in [-0.3, -0.25) is 19.8 Å². The Kier molecular flexibility index (Phi) is 8.88. The third-order valence-corrected chi connectivity index (χ3v) is 8.94. The third kappa shape index (κ3) is 7.25. The van der Waals surface area contributed by atoms with Gasteiger partial charge in [0.15, 0.2) is 0 Å². The van der Waals surface area contributed by atoms with E-state index in [4.69, 9.17) is 13.6 Å². The van der Waals surface area contributed by atoms with Crippen LogP contribution in [-0.2, 0) is 21.5 Å². The van der Waals surface area contributed by atoms with Gasteiger partial charge in [0.2, 0.25) is 11.8 Å². The molecule has 7 rings (SSSR count). The minimum absolute atomic E-state index is 0.00847. The number of amides is 1. The first-order valence-corrected chi connectivity index (χ1v) is 16.9. The van der Waals surface area contributed by atoms with E-state index in [2.05, 4.69) is 15.5 Å². The molecule has 0 atom stereocenters. The van der Waals surface area contributed by atoms with E-state index in [0.29, 0.717) is 34.2 Å². The number of nitrogens with zero attached hydrogens (tertiary/aromatic N) is 5. The Hall–Kier alpha value is -6.93. The van der Waals surface area contributed by atoms with E-state index in [9.17, 15) is 23.3 Å². The van der Waals surface area contributed by atoms with Crippen molar-refractivity contribution in [2.24, 2.45) is 4.99 Å². The van der Waals surface area contributed by atoms with Crippen molar-refractivity contribution in [3.63, 3.8) is 0 Å². The highest BCUT2D eigenvalue weighted by Crippen LogP contribution is 2.30. The van der Waals surface area contributed by atoms with Gasteiger partial charge in [0.05, 0.1) is 17.2 Å². The molecule has 0 aliphatic carbocycles. The largest absolute Gasteiger partial charge is 0.419 e. The molecule has 1 amide bonds. The number of aliphatic imine (C=N–C) groups is 1. The minimum atomic E-state index is -4.00. The van der Waals surface area contributed by atoms with Crippen molar-refractivity contribution >= 4 is 45.0 Å². The Labute approximate surface area is 291 Å². The zero-order valence-electron chi connectivity index (χ0n) is 26.5. The van der Waals surface area contributed by atoms with E-state index in [0.717, 1.165) is 5.56 Å². The molecule has 1 aromatic heterocycles. The van der Waals surface area contributed by atoms with E-state index < -0.39 is 15.0 Å². The molecule has 6 aromatic rings. The number of non-ortho nitro benzene ring substituents is 1. The number of amidine groups is 1. The van der Waals surface area contributed by atoms with Crippen LogP contribution in [0, 0.1) is 10.1 Å². The second-order valence-electron chi connectivity index (χ2n) is 11.1. The fraction of sp³-hybridized carbons (Fsp3) is 0.0270. The van der Waals surface area contributed by atoms with Crippen LogP contribution in [0.1, 0.15) is 17.0 Å². The van der Waals surface area contributed by atoms with Crippen molar-refractivity contribution in [3.8, 4) is 17.2 Å². The summed E-state index contributed by atoms with van der Waals surface area (Å²) in [6, 6.07) is 36.5. The maximum atomic E-state index is 13.9. The number of hydrogen-bond acceptors (Lipinski definition) is 11. The molecule has 0 bridgehead atoms. The molecule has 5 aromatic carbocycles. The molecule has 0 spiro atoms. The Bertz CT molecular complexity index is 2380. The van der Waals surface area contributed by atoms with E-state index in [-0.39, 0.29) is 40.4 Å². The first-order valence-electron chi connectivity index (χ1n) is 15.4. The van der Waals surface area contributed by atoms with Crippen LogP contribution >= 0.6 is 0 Å². The smallest absolute Gasteiger partial charge is 0.339 e. The van der Waals surface area contributed by atoms with Gasteiger partial charge in [-0.15, -0.1) is 10.2 Å². The second kappa shape index (κ2) is 13.9. The van der Waals surface area contributed by atoms with Crippen LogP contribution in [0.4, 0.5) is 17.1 Å². The molecule has 0 saturated carbocycles. The number of carbonyl (C=O) groups is 1. The number of carbonyl (C=O) groups excluding carboxylic acids is 1. The normalized spacial score (nSPS) is 13.6. The highest BCUT2D eigenvalue weighted by Gasteiger charge is 2.32. The average molecular weight is 699 g/mol. The molecule has 0 fully saturated rings. The summed E-state index contributed by atoms with van der Waals surface area (Å²) in [5.41, 5.74) is 3.37. The zero-order chi connectivity index (χ0) is 35.4. The van der Waals surface area contributed by atoms with Crippen LogP contribution in [0.3, 0.4) is 0 Å². The summed E-state index contributed by atoms with van der Waals surface area (Å²) in [6.07, 6.45) is 1.62. The molecule has 14 heteroatoms. The lowest BCUT2D eigenvalue weighted by Gasteiger charge is -2.18. The fourth-order valence-corrected chi connectivity index (χ4v) is 6.10. The average Bonchev–Trinajstić information content (AvgIpc) is 3.77. The number of hydrogen-bond donors (Lipinski definition) is 1. The molecule has 13 nitrogen and oxygen atoms in total. The molecular weight excluding hydrogens is 673 g/mol. The fourth-order valence-electron chi connectivity index (χ4n) is 5.15. The molecule has 0 radical (unpaired) electrons. The first kappa shape index (κ1) is 32.6. The van der Waals surface area contributed by atoms with Gasteiger partial charge in [-0.2, -0.15) is 8.42 Å². The number of aromatic nitrogens is 2. The Balaban J connectivity index is 1.08. The molecule has 1 aliphatic heterocycles. The van der Waals surface area contributed by atoms with Crippen LogP contribution in [0.25, 0.3) is 17.5 Å². The Morgan fingerprint density at radius 2 is 1.47 bits per heavy atom. The number of nitrogens with one attached hydrogen (secondary N) is 1. The van der Waals surface area contributed by atoms with Gasteiger partial charge in [-0.25, -0.2) is 4.99 Å². The van der Waals surface area contributed by atoms with Crippen LogP contribution in [0.5, 0.6) is 5.75 Å². The molecule has 252 valence electrons. The van der Waals surface area contributed by atoms with Crippen LogP contribution in [-0.4, -0.2) is 35.3 Å². The minimum Gasteiger partial charge on any atom is -0.419 e. The van der Waals surface area contributed by atoms with Crippen molar-refractivity contribution < 1.29 is 26.7 Å².